The molecule has 1 heterocycles. The van der Waals surface area contributed by atoms with E-state index < -0.39 is 0 Å². The molecule has 0 amide bonds. The van der Waals surface area contributed by atoms with E-state index in [0.29, 0.717) is 12.0 Å². The molecule has 1 unspecified atom stereocenters. The van der Waals surface area contributed by atoms with Gasteiger partial charge >= 0.3 is 0 Å². The molecule has 0 spiro atoms. The molecule has 3 heteroatoms. The van der Waals surface area contributed by atoms with Crippen LogP contribution >= 0.6 is 0 Å². The molecule has 0 bridgehead atoms. The lowest BCUT2D eigenvalue weighted by Gasteiger charge is -2.24. The van der Waals surface area contributed by atoms with E-state index in [1.54, 1.807) is 0 Å². The van der Waals surface area contributed by atoms with Gasteiger partial charge in [-0.3, -0.25) is 4.68 Å². The summed E-state index contributed by atoms with van der Waals surface area (Å²) in [7, 11) is 0. The zero-order chi connectivity index (χ0) is 11.5. The molecule has 2 rings (SSSR count). The van der Waals surface area contributed by atoms with Crippen LogP contribution in [0.4, 0.5) is 0 Å². The van der Waals surface area contributed by atoms with Crippen LogP contribution in [0.1, 0.15) is 50.9 Å². The Kier molecular flexibility index (Phi) is 3.64. The Hall–Kier alpha value is -0.830. The van der Waals surface area contributed by atoms with Gasteiger partial charge in [0.25, 0.3) is 0 Å². The lowest BCUT2D eigenvalue weighted by atomic mass is 9.93. The van der Waals surface area contributed by atoms with Crippen LogP contribution in [0.3, 0.4) is 0 Å². The largest absolute Gasteiger partial charge is 0.310 e. The second-order valence-electron chi connectivity index (χ2n) is 5.13. The topological polar surface area (TPSA) is 29.9 Å². The fourth-order valence-electron chi connectivity index (χ4n) is 2.58. The van der Waals surface area contributed by atoms with Crippen molar-refractivity contribution < 1.29 is 0 Å². The summed E-state index contributed by atoms with van der Waals surface area (Å²) in [6.45, 7) is 8.76. The summed E-state index contributed by atoms with van der Waals surface area (Å²) in [4.78, 5) is 0. The smallest absolute Gasteiger partial charge is 0.0540 e. The fourth-order valence-corrected chi connectivity index (χ4v) is 2.58. The standard InChI is InChI=1S/C13H23N3/c1-4-14-12-6-5-7-13-11(12)8-15-16(13)9-10(2)3/h8,10,12,14H,4-7,9H2,1-3H3. The van der Waals surface area contributed by atoms with Crippen molar-refractivity contribution >= 4 is 0 Å². The van der Waals surface area contributed by atoms with Gasteiger partial charge in [-0.15, -0.1) is 0 Å². The van der Waals surface area contributed by atoms with Gasteiger partial charge in [-0.05, 0) is 31.7 Å². The highest BCUT2D eigenvalue weighted by Crippen LogP contribution is 2.29. The first-order valence-electron chi connectivity index (χ1n) is 6.50. The second kappa shape index (κ2) is 5.00. The third-order valence-corrected chi connectivity index (χ3v) is 3.25. The Balaban J connectivity index is 2.20. The number of fused-ring (bicyclic) bond motifs is 1. The maximum atomic E-state index is 4.55. The monoisotopic (exact) mass is 221 g/mol. The van der Waals surface area contributed by atoms with Crippen LogP contribution in [0.25, 0.3) is 0 Å². The Morgan fingerprint density at radius 1 is 1.56 bits per heavy atom. The van der Waals surface area contributed by atoms with E-state index >= 15 is 0 Å². The van der Waals surface area contributed by atoms with Gasteiger partial charge < -0.3 is 5.32 Å². The van der Waals surface area contributed by atoms with Crippen molar-refractivity contribution in [2.45, 2.75) is 52.6 Å². The van der Waals surface area contributed by atoms with E-state index in [1.807, 2.05) is 0 Å². The van der Waals surface area contributed by atoms with Crippen LogP contribution in [0.2, 0.25) is 0 Å². The predicted molar refractivity (Wildman–Crippen MR) is 66.4 cm³/mol. The molecule has 0 aromatic carbocycles. The number of aromatic nitrogens is 2. The lowest BCUT2D eigenvalue weighted by Crippen LogP contribution is -2.25. The first-order chi connectivity index (χ1) is 7.72. The SMILES string of the molecule is CCNC1CCCc2c1cnn2CC(C)C. The van der Waals surface area contributed by atoms with E-state index in [0.717, 1.165) is 13.1 Å². The van der Waals surface area contributed by atoms with E-state index in [1.165, 1.54) is 30.5 Å². The molecule has 1 atom stereocenters. The third kappa shape index (κ3) is 2.29. The van der Waals surface area contributed by atoms with Crippen LogP contribution in [0, 0.1) is 5.92 Å². The number of nitrogens with one attached hydrogen (secondary N) is 1. The van der Waals surface area contributed by atoms with Crippen LogP contribution in [0.15, 0.2) is 6.20 Å². The van der Waals surface area contributed by atoms with Crippen molar-refractivity contribution in [1.82, 2.24) is 15.1 Å². The van der Waals surface area contributed by atoms with Crippen LogP contribution in [0.5, 0.6) is 0 Å². The molecule has 1 aliphatic rings. The summed E-state index contributed by atoms with van der Waals surface area (Å²) in [5, 5.41) is 8.10. The van der Waals surface area contributed by atoms with Gasteiger partial charge in [0.1, 0.15) is 0 Å². The minimum Gasteiger partial charge on any atom is -0.310 e. The quantitative estimate of drug-likeness (QED) is 0.846. The number of hydrogen-bond acceptors (Lipinski definition) is 2. The van der Waals surface area contributed by atoms with Crippen LogP contribution < -0.4 is 5.32 Å². The van der Waals surface area contributed by atoms with Gasteiger partial charge in [-0.2, -0.15) is 5.10 Å². The zero-order valence-corrected chi connectivity index (χ0v) is 10.7. The molecule has 1 aliphatic carbocycles. The van der Waals surface area contributed by atoms with Crippen LogP contribution in [-0.4, -0.2) is 16.3 Å². The first-order valence-corrected chi connectivity index (χ1v) is 6.50. The summed E-state index contributed by atoms with van der Waals surface area (Å²) in [5.41, 5.74) is 2.90. The lowest BCUT2D eigenvalue weighted by molar-refractivity contribution is 0.432. The molecule has 0 saturated carbocycles. The fraction of sp³-hybridized carbons (Fsp3) is 0.769. The van der Waals surface area contributed by atoms with Gasteiger partial charge in [0.05, 0.1) is 6.20 Å². The molecular formula is C13H23N3. The van der Waals surface area contributed by atoms with E-state index in [2.05, 4.69) is 42.1 Å². The molecule has 1 N–H and O–H groups in total. The predicted octanol–water partition coefficient (Wildman–Crippen LogP) is 2.53. The Bertz CT molecular complexity index is 341. The van der Waals surface area contributed by atoms with Crippen molar-refractivity contribution in [1.29, 1.82) is 0 Å². The summed E-state index contributed by atoms with van der Waals surface area (Å²) < 4.78 is 2.21. The number of rotatable bonds is 4. The molecule has 0 fully saturated rings. The van der Waals surface area contributed by atoms with E-state index in [9.17, 15) is 0 Å². The number of nitrogens with zero attached hydrogens (tertiary/aromatic N) is 2. The highest BCUT2D eigenvalue weighted by Gasteiger charge is 2.23. The highest BCUT2D eigenvalue weighted by molar-refractivity contribution is 5.24. The normalized spacial score (nSPS) is 20.1. The average Bonchev–Trinajstić information content (AvgIpc) is 2.63. The molecule has 1 aromatic heterocycles. The van der Waals surface area contributed by atoms with Crippen molar-refractivity contribution in [2.75, 3.05) is 6.54 Å². The molecular weight excluding hydrogens is 198 g/mol. The Labute approximate surface area is 98.2 Å². The molecule has 0 aliphatic heterocycles. The summed E-state index contributed by atoms with van der Waals surface area (Å²) in [6, 6.07) is 0.537. The maximum Gasteiger partial charge on any atom is 0.0540 e. The number of hydrogen-bond donors (Lipinski definition) is 1. The van der Waals surface area contributed by atoms with Gasteiger partial charge in [-0.25, -0.2) is 0 Å². The molecule has 3 nitrogen and oxygen atoms in total. The van der Waals surface area contributed by atoms with Gasteiger partial charge in [-0.1, -0.05) is 20.8 Å². The van der Waals surface area contributed by atoms with Crippen molar-refractivity contribution in [3.8, 4) is 0 Å². The van der Waals surface area contributed by atoms with Gasteiger partial charge in [0, 0.05) is 23.8 Å². The maximum absolute atomic E-state index is 4.55. The van der Waals surface area contributed by atoms with Gasteiger partial charge in [0.15, 0.2) is 0 Å². The minimum absolute atomic E-state index is 0.537. The minimum atomic E-state index is 0.537. The Morgan fingerprint density at radius 3 is 3.06 bits per heavy atom. The van der Waals surface area contributed by atoms with Gasteiger partial charge in [0.2, 0.25) is 0 Å². The molecule has 0 radical (unpaired) electrons. The average molecular weight is 221 g/mol. The second-order valence-corrected chi connectivity index (χ2v) is 5.13. The third-order valence-electron chi connectivity index (χ3n) is 3.25. The van der Waals surface area contributed by atoms with Crippen molar-refractivity contribution in [2.24, 2.45) is 5.92 Å². The molecule has 1 aromatic rings. The summed E-state index contributed by atoms with van der Waals surface area (Å²) >= 11 is 0. The van der Waals surface area contributed by atoms with Crippen LogP contribution in [-0.2, 0) is 13.0 Å². The van der Waals surface area contributed by atoms with E-state index in [4.69, 9.17) is 0 Å². The summed E-state index contributed by atoms with van der Waals surface area (Å²) in [6.07, 6.45) is 5.82. The zero-order valence-electron chi connectivity index (χ0n) is 10.7. The van der Waals surface area contributed by atoms with Crippen molar-refractivity contribution in [3.63, 3.8) is 0 Å². The van der Waals surface area contributed by atoms with Crippen molar-refractivity contribution in [3.05, 3.63) is 17.5 Å². The first kappa shape index (κ1) is 11.6. The van der Waals surface area contributed by atoms with E-state index in [-0.39, 0.29) is 0 Å². The molecule has 0 saturated heterocycles. The molecule has 16 heavy (non-hydrogen) atoms. The summed E-state index contributed by atoms with van der Waals surface area (Å²) in [5.74, 6) is 0.670. The highest BCUT2D eigenvalue weighted by atomic mass is 15.3. The molecule has 90 valence electrons. The Morgan fingerprint density at radius 2 is 2.38 bits per heavy atom.